The lowest BCUT2D eigenvalue weighted by Crippen LogP contribution is -2.33. The van der Waals surface area contributed by atoms with Crippen molar-refractivity contribution in [3.63, 3.8) is 0 Å². The van der Waals surface area contributed by atoms with E-state index in [0.717, 1.165) is 64.6 Å². The molecule has 0 aromatic carbocycles. The fourth-order valence-electron chi connectivity index (χ4n) is 5.68. The Hall–Kier alpha value is -2.02. The topological polar surface area (TPSA) is 35.0 Å². The van der Waals surface area contributed by atoms with Crippen LogP contribution in [-0.4, -0.2) is 23.2 Å². The van der Waals surface area contributed by atoms with Gasteiger partial charge in [0.2, 0.25) is 11.9 Å². The molecule has 0 fully saturated rings. The Morgan fingerprint density at radius 1 is 0.775 bits per heavy atom. The molecule has 2 heterocycles. The maximum absolute atomic E-state index is 15.4. The van der Waals surface area contributed by atoms with Crippen LogP contribution in [0.2, 0.25) is 0 Å². The van der Waals surface area contributed by atoms with E-state index >= 15 is 13.2 Å². The number of rotatable bonds is 19. The average molecular weight is 565 g/mol. The molecule has 3 nitrogen and oxygen atoms in total. The molecule has 0 saturated carbocycles. The van der Waals surface area contributed by atoms with Gasteiger partial charge in [0.1, 0.15) is 0 Å². The number of aryl methyl sites for hydroxylation is 2. The molecule has 224 valence electrons. The number of hydrogen-bond acceptors (Lipinski definition) is 3. The summed E-state index contributed by atoms with van der Waals surface area (Å²) >= 11 is 0. The summed E-state index contributed by atoms with van der Waals surface area (Å²) in [7, 11) is 0. The van der Waals surface area contributed by atoms with Crippen molar-refractivity contribution in [2.75, 3.05) is 13.2 Å². The van der Waals surface area contributed by atoms with Crippen LogP contribution in [-0.2, 0) is 23.5 Å². The third-order valence-electron chi connectivity index (χ3n) is 8.14. The maximum atomic E-state index is 15.4. The molecule has 0 saturated heterocycles. The number of unbranched alkanes of at least 4 members (excludes halogenated alkanes) is 10. The molecule has 2 aromatic rings. The van der Waals surface area contributed by atoms with E-state index in [9.17, 15) is 4.39 Å². The molecule has 2 aromatic heterocycles. The van der Waals surface area contributed by atoms with Crippen molar-refractivity contribution in [3.05, 3.63) is 46.8 Å². The molecule has 1 aliphatic carbocycles. The number of hydrogen-bond donors (Lipinski definition) is 0. The summed E-state index contributed by atoms with van der Waals surface area (Å²) in [5, 5.41) is 0. The van der Waals surface area contributed by atoms with Crippen molar-refractivity contribution in [2.24, 2.45) is 5.92 Å². The van der Waals surface area contributed by atoms with Gasteiger partial charge in [0.15, 0.2) is 0 Å². The summed E-state index contributed by atoms with van der Waals surface area (Å²) in [5.41, 5.74) is 0.430. The Morgan fingerprint density at radius 2 is 1.40 bits per heavy atom. The van der Waals surface area contributed by atoms with Gasteiger partial charge in [0, 0.05) is 24.7 Å². The highest BCUT2D eigenvalue weighted by atomic mass is 19.3. The molecule has 7 heteroatoms. The standard InChI is InChI=1S/C33H48F4N2O/c1-3-5-7-8-9-10-13-17-27-20-18-26-24-29(39-32(35)30(26)33(27,36)37)28-21-19-25(31(34)38-28)16-12-11-15-23-40-22-14-6-4-2/h19,21,24,27H,3-18,20,22-23H2,1-2H3. The normalized spacial score (nSPS) is 16.3. The second kappa shape index (κ2) is 17.1. The molecular weight excluding hydrogens is 516 g/mol. The summed E-state index contributed by atoms with van der Waals surface area (Å²) in [6.45, 7) is 5.84. The van der Waals surface area contributed by atoms with E-state index in [2.05, 4.69) is 23.8 Å². The van der Waals surface area contributed by atoms with E-state index < -0.39 is 29.3 Å². The lowest BCUT2D eigenvalue weighted by atomic mass is 9.78. The Balaban J connectivity index is 1.54. The van der Waals surface area contributed by atoms with Crippen molar-refractivity contribution in [3.8, 4) is 11.4 Å². The Kier molecular flexibility index (Phi) is 13.9. The first kappa shape index (κ1) is 32.5. The van der Waals surface area contributed by atoms with Gasteiger partial charge in [-0.25, -0.2) is 18.7 Å². The fraction of sp³-hybridized carbons (Fsp3) is 0.697. The minimum Gasteiger partial charge on any atom is -0.381 e. The number of nitrogens with zero attached hydrogens (tertiary/aromatic N) is 2. The van der Waals surface area contributed by atoms with E-state index in [0.29, 0.717) is 31.2 Å². The second-order valence-electron chi connectivity index (χ2n) is 11.4. The van der Waals surface area contributed by atoms with E-state index in [1.165, 1.54) is 38.2 Å². The summed E-state index contributed by atoms with van der Waals surface area (Å²) in [6, 6.07) is 4.72. The molecule has 1 unspecified atom stereocenters. The van der Waals surface area contributed by atoms with Gasteiger partial charge in [-0.2, -0.15) is 8.78 Å². The number of pyridine rings is 2. The number of ether oxygens (including phenoxy) is 1. The SMILES string of the molecule is CCCCCCCCCC1CCc2cc(-c3ccc(CCCCCOCCCCC)c(F)n3)nc(F)c2C1(F)F. The van der Waals surface area contributed by atoms with Crippen molar-refractivity contribution >= 4 is 0 Å². The summed E-state index contributed by atoms with van der Waals surface area (Å²) in [4.78, 5) is 7.84. The molecule has 0 aliphatic heterocycles. The number of alkyl halides is 2. The molecule has 0 amide bonds. The van der Waals surface area contributed by atoms with Crippen molar-refractivity contribution in [2.45, 2.75) is 129 Å². The molecule has 0 bridgehead atoms. The van der Waals surface area contributed by atoms with Crippen LogP contribution < -0.4 is 0 Å². The second-order valence-corrected chi connectivity index (χ2v) is 11.4. The maximum Gasteiger partial charge on any atom is 0.280 e. The predicted molar refractivity (Wildman–Crippen MR) is 154 cm³/mol. The van der Waals surface area contributed by atoms with Crippen LogP contribution in [0.25, 0.3) is 11.4 Å². The van der Waals surface area contributed by atoms with Crippen molar-refractivity contribution in [1.82, 2.24) is 9.97 Å². The van der Waals surface area contributed by atoms with Crippen LogP contribution in [0, 0.1) is 17.8 Å². The van der Waals surface area contributed by atoms with Gasteiger partial charge in [-0.1, -0.05) is 84.1 Å². The zero-order valence-corrected chi connectivity index (χ0v) is 24.6. The number of halogens is 4. The van der Waals surface area contributed by atoms with Gasteiger partial charge >= 0.3 is 0 Å². The lowest BCUT2D eigenvalue weighted by molar-refractivity contribution is -0.0824. The molecule has 0 radical (unpaired) electrons. The first-order valence-electron chi connectivity index (χ1n) is 15.7. The Labute approximate surface area is 238 Å². The first-order valence-corrected chi connectivity index (χ1v) is 15.7. The molecule has 40 heavy (non-hydrogen) atoms. The number of fused-ring (bicyclic) bond motifs is 1. The summed E-state index contributed by atoms with van der Waals surface area (Å²) in [6.07, 6.45) is 15.2. The van der Waals surface area contributed by atoms with Crippen molar-refractivity contribution < 1.29 is 22.3 Å². The highest BCUT2D eigenvalue weighted by Gasteiger charge is 2.47. The molecule has 0 N–H and O–H groups in total. The van der Waals surface area contributed by atoms with E-state index in [-0.39, 0.29) is 17.0 Å². The van der Waals surface area contributed by atoms with Gasteiger partial charge in [0.25, 0.3) is 5.92 Å². The van der Waals surface area contributed by atoms with E-state index in [4.69, 9.17) is 4.74 Å². The zero-order valence-electron chi connectivity index (χ0n) is 24.6. The number of aromatic nitrogens is 2. The highest BCUT2D eigenvalue weighted by Crippen LogP contribution is 2.47. The van der Waals surface area contributed by atoms with Gasteiger partial charge in [-0.05, 0) is 62.6 Å². The van der Waals surface area contributed by atoms with Gasteiger partial charge in [-0.3, -0.25) is 0 Å². The van der Waals surface area contributed by atoms with Crippen LogP contribution in [0.15, 0.2) is 18.2 Å². The third kappa shape index (κ3) is 9.53. The molecule has 0 spiro atoms. The van der Waals surface area contributed by atoms with Gasteiger partial charge in [0.05, 0.1) is 17.0 Å². The summed E-state index contributed by atoms with van der Waals surface area (Å²) < 4.78 is 66.1. The summed E-state index contributed by atoms with van der Waals surface area (Å²) in [5.74, 6) is -5.91. The first-order chi connectivity index (χ1) is 19.4. The average Bonchev–Trinajstić information content (AvgIpc) is 2.93. The fourth-order valence-corrected chi connectivity index (χ4v) is 5.68. The van der Waals surface area contributed by atoms with E-state index in [1.807, 2.05) is 0 Å². The van der Waals surface area contributed by atoms with Gasteiger partial charge in [-0.15, -0.1) is 0 Å². The van der Waals surface area contributed by atoms with Crippen LogP contribution in [0.5, 0.6) is 0 Å². The minimum absolute atomic E-state index is 0.100. The molecule has 1 aliphatic rings. The zero-order chi connectivity index (χ0) is 28.8. The third-order valence-corrected chi connectivity index (χ3v) is 8.14. The van der Waals surface area contributed by atoms with Crippen LogP contribution in [0.1, 0.15) is 127 Å². The quantitative estimate of drug-likeness (QED) is 0.0967. The Bertz CT molecular complexity index is 1030. The molecular formula is C33H48F4N2O. The highest BCUT2D eigenvalue weighted by molar-refractivity contribution is 5.57. The Morgan fingerprint density at radius 3 is 2.12 bits per heavy atom. The predicted octanol–water partition coefficient (Wildman–Crippen LogP) is 10.1. The monoisotopic (exact) mass is 564 g/mol. The van der Waals surface area contributed by atoms with E-state index in [1.54, 1.807) is 12.1 Å². The minimum atomic E-state index is -3.26. The largest absolute Gasteiger partial charge is 0.381 e. The van der Waals surface area contributed by atoms with Gasteiger partial charge < -0.3 is 4.74 Å². The smallest absolute Gasteiger partial charge is 0.280 e. The molecule has 3 rings (SSSR count). The van der Waals surface area contributed by atoms with Crippen LogP contribution in [0.4, 0.5) is 17.6 Å². The van der Waals surface area contributed by atoms with Crippen LogP contribution in [0.3, 0.4) is 0 Å². The van der Waals surface area contributed by atoms with Crippen LogP contribution >= 0.6 is 0 Å². The molecule has 1 atom stereocenters. The van der Waals surface area contributed by atoms with Crippen molar-refractivity contribution in [1.29, 1.82) is 0 Å². The lowest BCUT2D eigenvalue weighted by Gasteiger charge is -2.33.